The summed E-state index contributed by atoms with van der Waals surface area (Å²) in [6.45, 7) is -0.0219. The lowest BCUT2D eigenvalue weighted by molar-refractivity contribution is -0.122. The smallest absolute Gasteiger partial charge is 0.273 e. The van der Waals surface area contributed by atoms with Gasteiger partial charge >= 0.3 is 0 Å². The normalized spacial score (nSPS) is 10.5. The fourth-order valence-corrected chi connectivity index (χ4v) is 2.47. The van der Waals surface area contributed by atoms with Gasteiger partial charge in [-0.15, -0.1) is 0 Å². The lowest BCUT2D eigenvalue weighted by Crippen LogP contribution is -2.42. The first-order valence-electron chi connectivity index (χ1n) is 7.92. The summed E-state index contributed by atoms with van der Waals surface area (Å²) in [6, 6.07) is 14.9. The molecule has 0 aliphatic heterocycles. The molecule has 0 saturated heterocycles. The molecule has 1 aromatic heterocycles. The van der Waals surface area contributed by atoms with Gasteiger partial charge in [0.25, 0.3) is 17.0 Å². The lowest BCUT2D eigenvalue weighted by atomic mass is 10.2. The van der Waals surface area contributed by atoms with Gasteiger partial charge in [0, 0.05) is 12.0 Å². The van der Waals surface area contributed by atoms with Crippen LogP contribution in [0.4, 0.5) is 0 Å². The van der Waals surface area contributed by atoms with E-state index in [1.165, 1.54) is 0 Å². The van der Waals surface area contributed by atoms with E-state index < -0.39 is 17.4 Å². The first-order chi connectivity index (χ1) is 12.6. The Kier molecular flexibility index (Phi) is 4.93. The zero-order valence-electron chi connectivity index (χ0n) is 13.7. The molecule has 0 bridgehead atoms. The Bertz CT molecular complexity index is 1070. The number of nitrogens with one attached hydrogen (secondary N) is 3. The second-order valence-electron chi connectivity index (χ2n) is 5.56. The highest BCUT2D eigenvalue weighted by molar-refractivity contribution is 5.95. The molecule has 8 nitrogen and oxygen atoms in total. The molecule has 0 atom stereocenters. The second kappa shape index (κ2) is 7.47. The molecule has 0 fully saturated rings. The summed E-state index contributed by atoms with van der Waals surface area (Å²) in [5.74, 6) is -0.939. The van der Waals surface area contributed by atoms with Crippen molar-refractivity contribution in [2.45, 2.75) is 13.0 Å². The third kappa shape index (κ3) is 3.69. The Balaban J connectivity index is 1.62. The Morgan fingerprint density at radius 1 is 0.885 bits per heavy atom. The fourth-order valence-electron chi connectivity index (χ4n) is 2.47. The van der Waals surface area contributed by atoms with Crippen LogP contribution in [0.5, 0.6) is 0 Å². The lowest BCUT2D eigenvalue weighted by Gasteiger charge is -2.09. The SMILES string of the molecule is O=C(CCn1[nH]c(=O)c2ccccc2c1=O)NNC(=O)c1ccccc1. The molecule has 3 rings (SSSR count). The van der Waals surface area contributed by atoms with Gasteiger partial charge in [0.1, 0.15) is 0 Å². The maximum Gasteiger partial charge on any atom is 0.273 e. The predicted octanol–water partition coefficient (Wildman–Crippen LogP) is 0.541. The summed E-state index contributed by atoms with van der Waals surface area (Å²) in [5, 5.41) is 3.03. The number of aryl methyl sites for hydroxylation is 1. The van der Waals surface area contributed by atoms with Crippen LogP contribution in [0.3, 0.4) is 0 Å². The molecule has 132 valence electrons. The molecule has 0 radical (unpaired) electrons. The molecule has 2 amide bonds. The van der Waals surface area contributed by atoms with Gasteiger partial charge < -0.3 is 0 Å². The van der Waals surface area contributed by atoms with E-state index in [1.54, 1.807) is 54.6 Å². The van der Waals surface area contributed by atoms with Gasteiger partial charge in [0.2, 0.25) is 5.91 Å². The summed E-state index contributed by atoms with van der Waals surface area (Å²) >= 11 is 0. The van der Waals surface area contributed by atoms with E-state index in [2.05, 4.69) is 16.0 Å². The Hall–Kier alpha value is -3.68. The van der Waals surface area contributed by atoms with Crippen LogP contribution in [-0.4, -0.2) is 21.6 Å². The number of carbonyl (C=O) groups is 2. The van der Waals surface area contributed by atoms with E-state index in [0.29, 0.717) is 10.9 Å². The van der Waals surface area contributed by atoms with Gasteiger partial charge in [-0.3, -0.25) is 35.1 Å². The summed E-state index contributed by atoms with van der Waals surface area (Å²) < 4.78 is 1.09. The molecule has 26 heavy (non-hydrogen) atoms. The number of aromatic nitrogens is 2. The largest absolute Gasteiger partial charge is 0.273 e. The maximum absolute atomic E-state index is 12.3. The van der Waals surface area contributed by atoms with E-state index in [9.17, 15) is 19.2 Å². The van der Waals surface area contributed by atoms with Crippen molar-refractivity contribution in [1.82, 2.24) is 20.6 Å². The third-order valence-electron chi connectivity index (χ3n) is 3.80. The molecule has 0 aliphatic carbocycles. The van der Waals surface area contributed by atoms with Crippen LogP contribution in [-0.2, 0) is 11.3 Å². The minimum absolute atomic E-state index is 0.0219. The highest BCUT2D eigenvalue weighted by Crippen LogP contribution is 2.02. The summed E-state index contributed by atoms with van der Waals surface area (Å²) in [5.41, 5.74) is 4.18. The number of hydrogen-bond donors (Lipinski definition) is 3. The van der Waals surface area contributed by atoms with Crippen molar-refractivity contribution >= 4 is 22.6 Å². The van der Waals surface area contributed by atoms with Crippen molar-refractivity contribution in [2.75, 3.05) is 0 Å². The number of H-pyrrole nitrogens is 1. The number of fused-ring (bicyclic) bond motifs is 1. The van der Waals surface area contributed by atoms with E-state index in [1.807, 2.05) is 0 Å². The fraction of sp³-hybridized carbons (Fsp3) is 0.111. The molecule has 0 unspecified atom stereocenters. The van der Waals surface area contributed by atoms with Gasteiger partial charge in [-0.2, -0.15) is 0 Å². The molecule has 1 heterocycles. The molecule has 3 aromatic rings. The van der Waals surface area contributed by atoms with Crippen LogP contribution in [0.25, 0.3) is 10.8 Å². The van der Waals surface area contributed by atoms with Gasteiger partial charge in [-0.05, 0) is 24.3 Å². The van der Waals surface area contributed by atoms with Crippen molar-refractivity contribution in [3.63, 3.8) is 0 Å². The average Bonchev–Trinajstić information content (AvgIpc) is 2.68. The molecule has 3 N–H and O–H groups in total. The van der Waals surface area contributed by atoms with E-state index in [4.69, 9.17) is 0 Å². The third-order valence-corrected chi connectivity index (χ3v) is 3.80. The average molecular weight is 352 g/mol. The van der Waals surface area contributed by atoms with Crippen molar-refractivity contribution in [1.29, 1.82) is 0 Å². The summed E-state index contributed by atoms with van der Waals surface area (Å²) in [6.07, 6.45) is -0.0940. The van der Waals surface area contributed by atoms with Crippen molar-refractivity contribution < 1.29 is 9.59 Å². The Labute approximate surface area is 147 Å². The summed E-state index contributed by atoms with van der Waals surface area (Å²) in [7, 11) is 0. The first-order valence-corrected chi connectivity index (χ1v) is 7.92. The highest BCUT2D eigenvalue weighted by Gasteiger charge is 2.10. The van der Waals surface area contributed by atoms with Gasteiger partial charge in [-0.25, -0.2) is 4.68 Å². The number of hydrogen-bond acceptors (Lipinski definition) is 4. The number of benzene rings is 2. The number of carbonyl (C=O) groups excluding carboxylic acids is 2. The van der Waals surface area contributed by atoms with Crippen LogP contribution in [0, 0.1) is 0 Å². The predicted molar refractivity (Wildman–Crippen MR) is 95.5 cm³/mol. The van der Waals surface area contributed by atoms with Crippen molar-refractivity contribution in [3.8, 4) is 0 Å². The van der Waals surface area contributed by atoms with Crippen molar-refractivity contribution in [2.24, 2.45) is 0 Å². The van der Waals surface area contributed by atoms with Gasteiger partial charge in [-0.1, -0.05) is 30.3 Å². The molecule has 0 saturated carbocycles. The van der Waals surface area contributed by atoms with Crippen LogP contribution in [0.2, 0.25) is 0 Å². The molecular weight excluding hydrogens is 336 g/mol. The Morgan fingerprint density at radius 2 is 1.54 bits per heavy atom. The van der Waals surface area contributed by atoms with E-state index in [-0.39, 0.29) is 23.9 Å². The highest BCUT2D eigenvalue weighted by atomic mass is 16.2. The molecule has 0 spiro atoms. The van der Waals surface area contributed by atoms with Crippen LogP contribution >= 0.6 is 0 Å². The molecular formula is C18H16N4O4. The second-order valence-corrected chi connectivity index (χ2v) is 5.56. The molecule has 2 aromatic carbocycles. The number of amides is 2. The summed E-state index contributed by atoms with van der Waals surface area (Å²) in [4.78, 5) is 48.0. The zero-order chi connectivity index (χ0) is 18.5. The minimum atomic E-state index is -0.491. The van der Waals surface area contributed by atoms with Gasteiger partial charge in [0.15, 0.2) is 0 Å². The van der Waals surface area contributed by atoms with Crippen molar-refractivity contribution in [3.05, 3.63) is 80.9 Å². The Morgan fingerprint density at radius 3 is 2.27 bits per heavy atom. The van der Waals surface area contributed by atoms with Crippen LogP contribution < -0.4 is 22.0 Å². The topological polar surface area (TPSA) is 113 Å². The standard InChI is InChI=1S/C18H16N4O4/c23-15(19-20-16(24)12-6-2-1-3-7-12)10-11-22-18(26)14-9-5-4-8-13(14)17(25)21-22/h1-9H,10-11H2,(H,19,23)(H,20,24)(H,21,25). The quantitative estimate of drug-likeness (QED) is 0.595. The number of rotatable bonds is 4. The molecule has 8 heteroatoms. The minimum Gasteiger partial charge on any atom is -0.273 e. The number of nitrogens with zero attached hydrogens (tertiary/aromatic N) is 1. The molecule has 0 aliphatic rings. The maximum atomic E-state index is 12.3. The number of hydrazine groups is 1. The van der Waals surface area contributed by atoms with Crippen LogP contribution in [0.15, 0.2) is 64.2 Å². The zero-order valence-corrected chi connectivity index (χ0v) is 13.7. The van der Waals surface area contributed by atoms with E-state index >= 15 is 0 Å². The first kappa shape index (κ1) is 17.2. The van der Waals surface area contributed by atoms with Gasteiger partial charge in [0.05, 0.1) is 17.3 Å². The number of aromatic amines is 1. The monoisotopic (exact) mass is 352 g/mol. The van der Waals surface area contributed by atoms with E-state index in [0.717, 1.165) is 4.68 Å². The van der Waals surface area contributed by atoms with Crippen LogP contribution in [0.1, 0.15) is 16.8 Å².